The van der Waals surface area contributed by atoms with E-state index in [1.54, 1.807) is 24.4 Å². The van der Waals surface area contributed by atoms with E-state index < -0.39 is 0 Å². The van der Waals surface area contributed by atoms with E-state index in [2.05, 4.69) is 15.5 Å². The van der Waals surface area contributed by atoms with E-state index in [9.17, 15) is 4.79 Å². The fourth-order valence-corrected chi connectivity index (χ4v) is 1.65. The summed E-state index contributed by atoms with van der Waals surface area (Å²) in [5.74, 6) is -0.0976. The highest BCUT2D eigenvalue weighted by Crippen LogP contribution is 2.20. The summed E-state index contributed by atoms with van der Waals surface area (Å²) in [6.45, 7) is 1.92. The number of anilines is 1. The Balaban J connectivity index is 2.05. The lowest BCUT2D eigenvalue weighted by molar-refractivity contribution is -0.115. The van der Waals surface area contributed by atoms with Crippen LogP contribution in [0.4, 0.5) is 5.69 Å². The number of carbonyl (C=O) groups is 1. The third kappa shape index (κ3) is 3.07. The summed E-state index contributed by atoms with van der Waals surface area (Å²) in [7, 11) is 0. The number of aromatic amines is 1. The highest BCUT2D eigenvalue weighted by molar-refractivity contribution is 6.31. The molecule has 2 rings (SSSR count). The molecule has 1 heterocycles. The Bertz CT molecular complexity index is 523. The molecule has 5 heteroatoms. The number of hydrogen-bond donors (Lipinski definition) is 2. The van der Waals surface area contributed by atoms with Gasteiger partial charge in [0.1, 0.15) is 0 Å². The molecule has 0 aliphatic heterocycles. The van der Waals surface area contributed by atoms with Crippen molar-refractivity contribution in [2.75, 3.05) is 5.32 Å². The third-order valence-corrected chi connectivity index (χ3v) is 2.62. The molecule has 0 saturated carbocycles. The molecule has 2 N–H and O–H groups in total. The second-order valence-corrected chi connectivity index (χ2v) is 4.20. The molecule has 0 saturated heterocycles. The van der Waals surface area contributed by atoms with Crippen LogP contribution in [-0.2, 0) is 11.2 Å². The normalized spacial score (nSPS) is 10.2. The van der Waals surface area contributed by atoms with Gasteiger partial charge in [0.15, 0.2) is 0 Å². The molecule has 1 aromatic heterocycles. The van der Waals surface area contributed by atoms with E-state index in [0.717, 1.165) is 16.9 Å². The van der Waals surface area contributed by atoms with Gasteiger partial charge in [-0.15, -0.1) is 0 Å². The van der Waals surface area contributed by atoms with Crippen molar-refractivity contribution in [3.05, 3.63) is 46.7 Å². The molecule has 0 aliphatic carbocycles. The zero-order valence-electron chi connectivity index (χ0n) is 9.33. The van der Waals surface area contributed by atoms with Gasteiger partial charge in [-0.3, -0.25) is 9.89 Å². The lowest BCUT2D eigenvalue weighted by atomic mass is 10.2. The lowest BCUT2D eigenvalue weighted by Gasteiger charge is -2.08. The van der Waals surface area contributed by atoms with Crippen LogP contribution in [0.15, 0.2) is 30.5 Å². The fraction of sp³-hybridized carbons (Fsp3) is 0.167. The molecule has 0 unspecified atom stereocenters. The minimum atomic E-state index is -0.0976. The number of amides is 1. The zero-order chi connectivity index (χ0) is 12.3. The number of aryl methyl sites for hydroxylation is 1. The topological polar surface area (TPSA) is 57.8 Å². The maximum absolute atomic E-state index is 11.7. The highest BCUT2D eigenvalue weighted by Gasteiger charge is 2.07. The summed E-state index contributed by atoms with van der Waals surface area (Å²) in [5.41, 5.74) is 2.50. The van der Waals surface area contributed by atoms with Gasteiger partial charge < -0.3 is 5.32 Å². The molecule has 1 amide bonds. The SMILES string of the molecule is Cc1ccc(Cl)cc1NC(=O)Cc1ccn[nH]1. The van der Waals surface area contributed by atoms with Crippen molar-refractivity contribution in [3.8, 4) is 0 Å². The molecule has 4 nitrogen and oxygen atoms in total. The van der Waals surface area contributed by atoms with Crippen LogP contribution in [0.1, 0.15) is 11.3 Å². The molecule has 0 atom stereocenters. The number of benzene rings is 1. The van der Waals surface area contributed by atoms with Crippen molar-refractivity contribution in [2.24, 2.45) is 0 Å². The van der Waals surface area contributed by atoms with Crippen LogP contribution in [-0.4, -0.2) is 16.1 Å². The molecule has 0 spiro atoms. The number of H-pyrrole nitrogens is 1. The number of rotatable bonds is 3. The molecule has 2 aromatic rings. The second-order valence-electron chi connectivity index (χ2n) is 3.77. The predicted octanol–water partition coefficient (Wildman–Crippen LogP) is 2.55. The van der Waals surface area contributed by atoms with Crippen LogP contribution in [0, 0.1) is 6.92 Å². The maximum atomic E-state index is 11.7. The van der Waals surface area contributed by atoms with E-state index >= 15 is 0 Å². The Hall–Kier alpha value is -1.81. The molecule has 0 fully saturated rings. The number of nitrogens with zero attached hydrogens (tertiary/aromatic N) is 1. The minimum absolute atomic E-state index is 0.0976. The van der Waals surface area contributed by atoms with Crippen molar-refractivity contribution >= 4 is 23.2 Å². The molecule has 0 radical (unpaired) electrons. The van der Waals surface area contributed by atoms with Gasteiger partial charge in [0, 0.05) is 22.6 Å². The smallest absolute Gasteiger partial charge is 0.230 e. The Morgan fingerprint density at radius 3 is 3.00 bits per heavy atom. The molecule has 17 heavy (non-hydrogen) atoms. The third-order valence-electron chi connectivity index (χ3n) is 2.38. The van der Waals surface area contributed by atoms with E-state index in [0.29, 0.717) is 5.02 Å². The molecule has 0 bridgehead atoms. The van der Waals surface area contributed by atoms with Gasteiger partial charge in [0.25, 0.3) is 0 Å². The Morgan fingerprint density at radius 1 is 1.47 bits per heavy atom. The average molecular weight is 250 g/mol. The molecular formula is C12H12ClN3O. The number of hydrogen-bond acceptors (Lipinski definition) is 2. The monoisotopic (exact) mass is 249 g/mol. The molecule has 88 valence electrons. The summed E-state index contributed by atoms with van der Waals surface area (Å²) in [5, 5.41) is 9.95. The Labute approximate surface area is 104 Å². The van der Waals surface area contributed by atoms with E-state index in [-0.39, 0.29) is 12.3 Å². The Kier molecular flexibility index (Phi) is 3.44. The van der Waals surface area contributed by atoms with Gasteiger partial charge >= 0.3 is 0 Å². The summed E-state index contributed by atoms with van der Waals surface area (Å²) in [4.78, 5) is 11.7. The van der Waals surface area contributed by atoms with E-state index in [1.807, 2.05) is 13.0 Å². The maximum Gasteiger partial charge on any atom is 0.230 e. The van der Waals surface area contributed by atoms with Crippen LogP contribution >= 0.6 is 11.6 Å². The van der Waals surface area contributed by atoms with Crippen LogP contribution in [0.2, 0.25) is 5.02 Å². The van der Waals surface area contributed by atoms with Crippen molar-refractivity contribution in [3.63, 3.8) is 0 Å². The van der Waals surface area contributed by atoms with Gasteiger partial charge in [0.2, 0.25) is 5.91 Å². The van der Waals surface area contributed by atoms with Crippen LogP contribution in [0.25, 0.3) is 0 Å². The number of aromatic nitrogens is 2. The first kappa shape index (κ1) is 11.7. The largest absolute Gasteiger partial charge is 0.325 e. The number of halogens is 1. The first-order chi connectivity index (χ1) is 8.15. The van der Waals surface area contributed by atoms with Gasteiger partial charge in [0.05, 0.1) is 6.42 Å². The average Bonchev–Trinajstić information content (AvgIpc) is 2.76. The first-order valence-corrected chi connectivity index (χ1v) is 5.57. The van der Waals surface area contributed by atoms with Crippen molar-refractivity contribution < 1.29 is 4.79 Å². The van der Waals surface area contributed by atoms with Gasteiger partial charge in [-0.25, -0.2) is 0 Å². The van der Waals surface area contributed by atoms with Crippen molar-refractivity contribution in [1.29, 1.82) is 0 Å². The molecule has 0 aliphatic rings. The molecule has 1 aromatic carbocycles. The number of carbonyl (C=O) groups excluding carboxylic acids is 1. The van der Waals surface area contributed by atoms with E-state index in [4.69, 9.17) is 11.6 Å². The van der Waals surface area contributed by atoms with Crippen LogP contribution in [0.3, 0.4) is 0 Å². The summed E-state index contributed by atoms with van der Waals surface area (Å²) in [6, 6.07) is 7.17. The van der Waals surface area contributed by atoms with Gasteiger partial charge in [-0.05, 0) is 30.7 Å². The Morgan fingerprint density at radius 2 is 2.29 bits per heavy atom. The minimum Gasteiger partial charge on any atom is -0.325 e. The zero-order valence-corrected chi connectivity index (χ0v) is 10.1. The highest BCUT2D eigenvalue weighted by atomic mass is 35.5. The summed E-state index contributed by atoms with van der Waals surface area (Å²) in [6.07, 6.45) is 1.89. The lowest BCUT2D eigenvalue weighted by Crippen LogP contribution is -2.15. The van der Waals surface area contributed by atoms with Crippen molar-refractivity contribution in [1.82, 2.24) is 10.2 Å². The van der Waals surface area contributed by atoms with Crippen LogP contribution < -0.4 is 5.32 Å². The summed E-state index contributed by atoms with van der Waals surface area (Å²) >= 11 is 5.88. The van der Waals surface area contributed by atoms with Crippen molar-refractivity contribution in [2.45, 2.75) is 13.3 Å². The second kappa shape index (κ2) is 5.01. The fourth-order valence-electron chi connectivity index (χ4n) is 1.48. The quantitative estimate of drug-likeness (QED) is 0.878. The van der Waals surface area contributed by atoms with Gasteiger partial charge in [-0.2, -0.15) is 5.10 Å². The predicted molar refractivity (Wildman–Crippen MR) is 67.1 cm³/mol. The van der Waals surface area contributed by atoms with E-state index in [1.165, 1.54) is 0 Å². The standard InChI is InChI=1S/C12H12ClN3O/c1-8-2-3-9(13)6-11(8)15-12(17)7-10-4-5-14-16-10/h2-6H,7H2,1H3,(H,14,16)(H,15,17). The first-order valence-electron chi connectivity index (χ1n) is 5.19. The van der Waals surface area contributed by atoms with Crippen LogP contribution in [0.5, 0.6) is 0 Å². The molecular weight excluding hydrogens is 238 g/mol. The summed E-state index contributed by atoms with van der Waals surface area (Å²) < 4.78 is 0. The number of nitrogens with one attached hydrogen (secondary N) is 2. The van der Waals surface area contributed by atoms with Gasteiger partial charge in [-0.1, -0.05) is 17.7 Å².